The van der Waals surface area contributed by atoms with Gasteiger partial charge in [-0.05, 0) is 49.2 Å². The number of alkyl halides is 3. The number of carbonyl (C=O) groups excluding carboxylic acids is 1. The third-order valence-electron chi connectivity index (χ3n) is 6.13. The van der Waals surface area contributed by atoms with Crippen LogP contribution in [0.1, 0.15) is 18.4 Å². The standard InChI is InChI=1S/C23H27F3N4O3S/c24-23(25,26)20-5-1-2-6-21(20)34(32,33)30-15-13-28(14-16-30)17-22(31)27-18-7-9-19(10-8-18)29-11-3-4-12-29/h1-2,5-10H,3-4,11-17H2,(H,27,31). The third-order valence-corrected chi connectivity index (χ3v) is 8.09. The molecule has 2 aromatic rings. The SMILES string of the molecule is O=C(CN1CCN(S(=O)(=O)c2ccccc2C(F)(F)F)CC1)Nc1ccc(N2CCCC2)cc1. The van der Waals surface area contributed by atoms with Gasteiger partial charge < -0.3 is 10.2 Å². The highest BCUT2D eigenvalue weighted by Crippen LogP contribution is 2.35. The monoisotopic (exact) mass is 496 g/mol. The van der Waals surface area contributed by atoms with Gasteiger partial charge in [-0.1, -0.05) is 12.1 Å². The van der Waals surface area contributed by atoms with Crippen molar-refractivity contribution in [3.63, 3.8) is 0 Å². The summed E-state index contributed by atoms with van der Waals surface area (Å²) in [6, 6.07) is 11.9. The molecular weight excluding hydrogens is 469 g/mol. The van der Waals surface area contributed by atoms with Gasteiger partial charge in [0.15, 0.2) is 0 Å². The summed E-state index contributed by atoms with van der Waals surface area (Å²) in [6.07, 6.45) is -2.40. The van der Waals surface area contributed by atoms with E-state index in [1.165, 1.54) is 25.0 Å². The van der Waals surface area contributed by atoms with Crippen LogP contribution in [0.25, 0.3) is 0 Å². The molecule has 1 N–H and O–H groups in total. The zero-order valence-corrected chi connectivity index (χ0v) is 19.4. The molecule has 0 unspecified atom stereocenters. The van der Waals surface area contributed by atoms with Gasteiger partial charge in [-0.15, -0.1) is 0 Å². The maximum Gasteiger partial charge on any atom is 0.417 e. The number of carbonyl (C=O) groups is 1. The average Bonchev–Trinajstić information content (AvgIpc) is 3.34. The highest BCUT2D eigenvalue weighted by molar-refractivity contribution is 7.89. The van der Waals surface area contributed by atoms with Crippen molar-refractivity contribution in [3.8, 4) is 0 Å². The first-order valence-corrected chi connectivity index (χ1v) is 12.6. The fraction of sp³-hybridized carbons (Fsp3) is 0.435. The summed E-state index contributed by atoms with van der Waals surface area (Å²) in [4.78, 5) is 15.8. The Labute approximate surface area is 197 Å². The Morgan fingerprint density at radius 3 is 2.12 bits per heavy atom. The Balaban J connectivity index is 1.31. The summed E-state index contributed by atoms with van der Waals surface area (Å²) in [7, 11) is -4.31. The number of halogens is 3. The first-order chi connectivity index (χ1) is 16.1. The second kappa shape index (κ2) is 9.93. The fourth-order valence-electron chi connectivity index (χ4n) is 4.33. The normalized spacial score (nSPS) is 18.3. The van der Waals surface area contributed by atoms with Gasteiger partial charge in [0.05, 0.1) is 17.0 Å². The Kier molecular flexibility index (Phi) is 7.15. The van der Waals surface area contributed by atoms with E-state index >= 15 is 0 Å². The smallest absolute Gasteiger partial charge is 0.372 e. The van der Waals surface area contributed by atoms with Gasteiger partial charge in [0.2, 0.25) is 15.9 Å². The summed E-state index contributed by atoms with van der Waals surface area (Å²) < 4.78 is 66.7. The van der Waals surface area contributed by atoms with Crippen LogP contribution >= 0.6 is 0 Å². The van der Waals surface area contributed by atoms with Crippen LogP contribution in [0, 0.1) is 0 Å². The minimum absolute atomic E-state index is 0.00629. The number of sulfonamides is 1. The van der Waals surface area contributed by atoms with Gasteiger partial charge in [0.25, 0.3) is 0 Å². The van der Waals surface area contributed by atoms with Crippen LogP contribution in [0.15, 0.2) is 53.4 Å². The Hall–Kier alpha value is -2.63. The number of benzene rings is 2. The van der Waals surface area contributed by atoms with Gasteiger partial charge in [0.1, 0.15) is 0 Å². The molecule has 2 aromatic carbocycles. The maximum atomic E-state index is 13.3. The predicted octanol–water partition coefficient (Wildman–Crippen LogP) is 3.25. The molecule has 0 aliphatic carbocycles. The van der Waals surface area contributed by atoms with Crippen molar-refractivity contribution in [2.45, 2.75) is 23.9 Å². The number of nitrogens with one attached hydrogen (secondary N) is 1. The zero-order valence-electron chi connectivity index (χ0n) is 18.6. The van der Waals surface area contributed by atoms with Gasteiger partial charge in [-0.2, -0.15) is 17.5 Å². The van der Waals surface area contributed by atoms with E-state index in [4.69, 9.17) is 0 Å². The van der Waals surface area contributed by atoms with E-state index < -0.39 is 26.7 Å². The zero-order chi connectivity index (χ0) is 24.3. The number of rotatable bonds is 6. The quantitative estimate of drug-likeness (QED) is 0.665. The van der Waals surface area contributed by atoms with E-state index in [0.29, 0.717) is 5.69 Å². The summed E-state index contributed by atoms with van der Waals surface area (Å²) in [5, 5.41) is 2.84. The number of anilines is 2. The summed E-state index contributed by atoms with van der Waals surface area (Å²) in [6.45, 7) is 2.65. The Morgan fingerprint density at radius 2 is 1.50 bits per heavy atom. The number of amides is 1. The van der Waals surface area contributed by atoms with E-state index in [9.17, 15) is 26.4 Å². The number of piperazine rings is 1. The van der Waals surface area contributed by atoms with Crippen LogP contribution in [0.3, 0.4) is 0 Å². The minimum atomic E-state index is -4.77. The second-order valence-electron chi connectivity index (χ2n) is 8.46. The Bertz CT molecular complexity index is 1110. The van der Waals surface area contributed by atoms with E-state index in [-0.39, 0.29) is 38.6 Å². The molecule has 2 heterocycles. The van der Waals surface area contributed by atoms with Crippen LogP contribution in [0.2, 0.25) is 0 Å². The van der Waals surface area contributed by atoms with Crippen LogP contribution < -0.4 is 10.2 Å². The summed E-state index contributed by atoms with van der Waals surface area (Å²) in [5.74, 6) is -0.229. The average molecular weight is 497 g/mol. The molecule has 0 spiro atoms. The van der Waals surface area contributed by atoms with Crippen molar-refractivity contribution in [2.75, 3.05) is 56.0 Å². The summed E-state index contributed by atoms with van der Waals surface area (Å²) in [5.41, 5.74) is 0.630. The molecule has 2 saturated heterocycles. The van der Waals surface area contributed by atoms with Gasteiger partial charge in [-0.25, -0.2) is 8.42 Å². The summed E-state index contributed by atoms with van der Waals surface area (Å²) >= 11 is 0. The largest absolute Gasteiger partial charge is 0.417 e. The molecule has 0 aromatic heterocycles. The first-order valence-electron chi connectivity index (χ1n) is 11.2. The van der Waals surface area contributed by atoms with Crippen molar-refractivity contribution in [1.82, 2.24) is 9.21 Å². The van der Waals surface area contributed by atoms with Crippen molar-refractivity contribution in [3.05, 3.63) is 54.1 Å². The highest BCUT2D eigenvalue weighted by atomic mass is 32.2. The third kappa shape index (κ3) is 5.53. The highest BCUT2D eigenvalue weighted by Gasteiger charge is 2.39. The van der Waals surface area contributed by atoms with E-state index in [2.05, 4.69) is 10.2 Å². The van der Waals surface area contributed by atoms with Crippen molar-refractivity contribution in [1.29, 1.82) is 0 Å². The lowest BCUT2D eigenvalue weighted by Gasteiger charge is -2.34. The molecule has 1 amide bonds. The molecule has 0 bridgehead atoms. The Morgan fingerprint density at radius 1 is 0.882 bits per heavy atom. The molecule has 4 rings (SSSR count). The predicted molar refractivity (Wildman–Crippen MR) is 123 cm³/mol. The van der Waals surface area contributed by atoms with Crippen LogP contribution in [0.4, 0.5) is 24.5 Å². The topological polar surface area (TPSA) is 73.0 Å². The molecule has 0 atom stereocenters. The number of hydrogen-bond donors (Lipinski definition) is 1. The van der Waals surface area contributed by atoms with Crippen molar-refractivity contribution < 1.29 is 26.4 Å². The molecule has 0 saturated carbocycles. The lowest BCUT2D eigenvalue weighted by atomic mass is 10.2. The fourth-order valence-corrected chi connectivity index (χ4v) is 5.96. The maximum absolute atomic E-state index is 13.3. The molecule has 34 heavy (non-hydrogen) atoms. The molecule has 0 radical (unpaired) electrons. The molecule has 2 aliphatic heterocycles. The lowest BCUT2D eigenvalue weighted by molar-refractivity contribution is -0.140. The number of hydrogen-bond acceptors (Lipinski definition) is 5. The van der Waals surface area contributed by atoms with E-state index in [1.54, 1.807) is 4.90 Å². The molecular formula is C23H27F3N4O3S. The van der Waals surface area contributed by atoms with Crippen LogP contribution in [0.5, 0.6) is 0 Å². The van der Waals surface area contributed by atoms with Gasteiger partial charge in [-0.3, -0.25) is 9.69 Å². The number of nitrogens with zero attached hydrogens (tertiary/aromatic N) is 3. The van der Waals surface area contributed by atoms with Crippen molar-refractivity contribution >= 4 is 27.3 Å². The lowest BCUT2D eigenvalue weighted by Crippen LogP contribution is -2.50. The van der Waals surface area contributed by atoms with Gasteiger partial charge in [0, 0.05) is 50.6 Å². The van der Waals surface area contributed by atoms with E-state index in [0.717, 1.165) is 35.2 Å². The van der Waals surface area contributed by atoms with E-state index in [1.807, 2.05) is 24.3 Å². The molecule has 184 valence electrons. The molecule has 11 heteroatoms. The van der Waals surface area contributed by atoms with Crippen molar-refractivity contribution in [2.24, 2.45) is 0 Å². The minimum Gasteiger partial charge on any atom is -0.372 e. The first kappa shape index (κ1) is 24.5. The molecule has 2 fully saturated rings. The van der Waals surface area contributed by atoms with Crippen LogP contribution in [-0.2, 0) is 21.0 Å². The molecule has 2 aliphatic rings. The van der Waals surface area contributed by atoms with Gasteiger partial charge >= 0.3 is 6.18 Å². The van der Waals surface area contributed by atoms with Crippen LogP contribution in [-0.4, -0.2) is 69.3 Å². The second-order valence-corrected chi connectivity index (χ2v) is 10.4. The molecule has 7 nitrogen and oxygen atoms in total.